The van der Waals surface area contributed by atoms with E-state index in [0.29, 0.717) is 15.8 Å². The lowest BCUT2D eigenvalue weighted by atomic mass is 9.89. The highest BCUT2D eigenvalue weighted by atomic mass is 35.5. The molecule has 0 saturated carbocycles. The fourth-order valence-electron chi connectivity index (χ4n) is 4.41. The smallest absolute Gasteiger partial charge is 0.225 e. The average Bonchev–Trinajstić information content (AvgIpc) is 3.23. The number of ether oxygens (including phenoxy) is 1. The van der Waals surface area contributed by atoms with E-state index in [1.165, 1.54) is 6.26 Å². The molecule has 9 heteroatoms. The van der Waals surface area contributed by atoms with Crippen molar-refractivity contribution in [2.45, 2.75) is 30.3 Å². The Morgan fingerprint density at radius 1 is 1.03 bits per heavy atom. The molecule has 0 aliphatic carbocycles. The second kappa shape index (κ2) is 8.33. The lowest BCUT2D eigenvalue weighted by Crippen LogP contribution is -2.40. The van der Waals surface area contributed by atoms with Crippen LogP contribution in [0.3, 0.4) is 0 Å². The van der Waals surface area contributed by atoms with Gasteiger partial charge in [-0.05, 0) is 37.0 Å². The summed E-state index contributed by atoms with van der Waals surface area (Å²) in [5.41, 5.74) is 2.86. The third kappa shape index (κ3) is 4.29. The van der Waals surface area contributed by atoms with Crippen molar-refractivity contribution in [3.8, 4) is 17.0 Å². The van der Waals surface area contributed by atoms with Crippen LogP contribution in [0.4, 0.5) is 5.95 Å². The van der Waals surface area contributed by atoms with Gasteiger partial charge in [0.25, 0.3) is 0 Å². The molecule has 0 amide bonds. The maximum atomic E-state index is 11.7. The third-order valence-electron chi connectivity index (χ3n) is 6.18. The van der Waals surface area contributed by atoms with E-state index >= 15 is 0 Å². The molecule has 0 spiro atoms. The molecule has 0 bridgehead atoms. The molecule has 1 atom stereocenters. The van der Waals surface area contributed by atoms with Gasteiger partial charge in [0.1, 0.15) is 11.9 Å². The van der Waals surface area contributed by atoms with Crippen LogP contribution in [0.1, 0.15) is 18.4 Å². The van der Waals surface area contributed by atoms with Crippen LogP contribution in [0.2, 0.25) is 5.02 Å². The average molecular weight is 471 g/mol. The Morgan fingerprint density at radius 2 is 1.72 bits per heavy atom. The van der Waals surface area contributed by atoms with E-state index in [1.54, 1.807) is 42.9 Å². The van der Waals surface area contributed by atoms with Crippen molar-refractivity contribution < 1.29 is 13.2 Å². The zero-order valence-corrected chi connectivity index (χ0v) is 19.2. The summed E-state index contributed by atoms with van der Waals surface area (Å²) in [6, 6.07) is 8.90. The summed E-state index contributed by atoms with van der Waals surface area (Å²) in [7, 11) is -3.21. The van der Waals surface area contributed by atoms with Gasteiger partial charge in [-0.25, -0.2) is 18.4 Å². The molecule has 4 heterocycles. The monoisotopic (exact) mass is 470 g/mol. The molecule has 7 nitrogen and oxygen atoms in total. The van der Waals surface area contributed by atoms with E-state index in [0.717, 1.165) is 60.9 Å². The van der Waals surface area contributed by atoms with Gasteiger partial charge in [0, 0.05) is 36.9 Å². The Kier molecular flexibility index (Phi) is 5.51. The maximum absolute atomic E-state index is 11.7. The number of halogens is 1. The third-order valence-corrected chi connectivity index (χ3v) is 7.50. The van der Waals surface area contributed by atoms with E-state index in [-0.39, 0.29) is 6.10 Å². The molecule has 0 radical (unpaired) electrons. The van der Waals surface area contributed by atoms with Gasteiger partial charge in [0.2, 0.25) is 5.95 Å². The van der Waals surface area contributed by atoms with Gasteiger partial charge in [0.05, 0.1) is 34.2 Å². The van der Waals surface area contributed by atoms with Crippen LogP contribution in [0.25, 0.3) is 11.3 Å². The second-order valence-corrected chi connectivity index (χ2v) is 10.8. The Bertz CT molecular complexity index is 1230. The van der Waals surface area contributed by atoms with E-state index < -0.39 is 9.84 Å². The van der Waals surface area contributed by atoms with Gasteiger partial charge >= 0.3 is 0 Å². The van der Waals surface area contributed by atoms with Crippen molar-refractivity contribution in [3.63, 3.8) is 0 Å². The molecule has 0 N–H and O–H groups in total. The van der Waals surface area contributed by atoms with Crippen LogP contribution in [0.5, 0.6) is 5.75 Å². The standard InChI is InChI=1S/C23H23ClN4O3S/c1-32(29,30)19-4-2-15(3-5-19)20-10-17-11-21(31-22(17)14-25-20)16-6-8-28(9-7-16)23-26-12-18(24)13-27-23/h2-5,10,12-14,16,21H,6-9,11H2,1H3/t21-/m0/s1. The summed E-state index contributed by atoms with van der Waals surface area (Å²) < 4.78 is 29.6. The summed E-state index contributed by atoms with van der Waals surface area (Å²) >= 11 is 5.89. The molecule has 0 unspecified atom stereocenters. The highest BCUT2D eigenvalue weighted by Gasteiger charge is 2.33. The van der Waals surface area contributed by atoms with Crippen LogP contribution < -0.4 is 9.64 Å². The van der Waals surface area contributed by atoms with Crippen molar-refractivity contribution in [1.82, 2.24) is 15.0 Å². The summed E-state index contributed by atoms with van der Waals surface area (Å²) in [5.74, 6) is 2.03. The number of piperidine rings is 1. The molecule has 3 aromatic rings. The molecule has 1 fully saturated rings. The topological polar surface area (TPSA) is 85.3 Å². The summed E-state index contributed by atoms with van der Waals surface area (Å²) in [5, 5.41) is 0.542. The van der Waals surface area contributed by atoms with Crippen LogP contribution >= 0.6 is 11.6 Å². The van der Waals surface area contributed by atoms with E-state index in [4.69, 9.17) is 16.3 Å². The van der Waals surface area contributed by atoms with Crippen molar-refractivity contribution >= 4 is 27.4 Å². The lowest BCUT2D eigenvalue weighted by Gasteiger charge is -2.34. The number of aromatic nitrogens is 3. The highest BCUT2D eigenvalue weighted by Crippen LogP contribution is 2.37. The molecular formula is C23H23ClN4O3S. The first-order chi connectivity index (χ1) is 15.4. The number of hydrogen-bond donors (Lipinski definition) is 0. The predicted molar refractivity (Wildman–Crippen MR) is 123 cm³/mol. The van der Waals surface area contributed by atoms with Crippen LogP contribution in [-0.2, 0) is 16.3 Å². The first-order valence-electron chi connectivity index (χ1n) is 10.6. The number of anilines is 1. The van der Waals surface area contributed by atoms with Crippen LogP contribution in [0, 0.1) is 5.92 Å². The highest BCUT2D eigenvalue weighted by molar-refractivity contribution is 7.90. The molecule has 2 aliphatic heterocycles. The lowest BCUT2D eigenvalue weighted by molar-refractivity contribution is 0.138. The van der Waals surface area contributed by atoms with Gasteiger partial charge in [-0.3, -0.25) is 4.98 Å². The molecule has 32 heavy (non-hydrogen) atoms. The van der Waals surface area contributed by atoms with Crippen molar-refractivity contribution in [2.75, 3.05) is 24.2 Å². The molecule has 1 saturated heterocycles. The number of hydrogen-bond acceptors (Lipinski definition) is 7. The summed E-state index contributed by atoms with van der Waals surface area (Å²) in [4.78, 5) is 15.7. The van der Waals surface area contributed by atoms with Crippen molar-refractivity contribution in [1.29, 1.82) is 0 Å². The number of benzene rings is 1. The number of fused-ring (bicyclic) bond motifs is 1. The van der Waals surface area contributed by atoms with Gasteiger partial charge in [-0.1, -0.05) is 23.7 Å². The Labute approximate surface area is 192 Å². The fourth-order valence-corrected chi connectivity index (χ4v) is 5.13. The Hall–Kier alpha value is -2.71. The minimum Gasteiger partial charge on any atom is -0.488 e. The zero-order valence-electron chi connectivity index (χ0n) is 17.6. The summed E-state index contributed by atoms with van der Waals surface area (Å²) in [6.45, 7) is 1.78. The van der Waals surface area contributed by atoms with Gasteiger partial charge in [0.15, 0.2) is 9.84 Å². The number of rotatable bonds is 4. The Morgan fingerprint density at radius 3 is 2.38 bits per heavy atom. The molecule has 2 aromatic heterocycles. The fraction of sp³-hybridized carbons (Fsp3) is 0.348. The van der Waals surface area contributed by atoms with Crippen molar-refractivity contribution in [3.05, 3.63) is 59.5 Å². The molecule has 2 aliphatic rings. The Balaban J connectivity index is 1.24. The van der Waals surface area contributed by atoms with Crippen molar-refractivity contribution in [2.24, 2.45) is 5.92 Å². The minimum absolute atomic E-state index is 0.142. The van der Waals surface area contributed by atoms with Crippen LogP contribution in [-0.4, -0.2) is 48.8 Å². The maximum Gasteiger partial charge on any atom is 0.225 e. The number of nitrogens with zero attached hydrogens (tertiary/aromatic N) is 4. The quantitative estimate of drug-likeness (QED) is 0.573. The normalized spacial score (nSPS) is 18.9. The second-order valence-electron chi connectivity index (χ2n) is 8.36. The van der Waals surface area contributed by atoms with Gasteiger partial charge in [-0.2, -0.15) is 0 Å². The zero-order chi connectivity index (χ0) is 22.3. The largest absolute Gasteiger partial charge is 0.488 e. The van der Waals surface area contributed by atoms with Gasteiger partial charge in [-0.15, -0.1) is 0 Å². The molecule has 1 aromatic carbocycles. The van der Waals surface area contributed by atoms with E-state index in [2.05, 4.69) is 25.9 Å². The number of sulfone groups is 1. The van der Waals surface area contributed by atoms with E-state index in [1.807, 2.05) is 0 Å². The van der Waals surface area contributed by atoms with Gasteiger partial charge < -0.3 is 9.64 Å². The SMILES string of the molecule is CS(=O)(=O)c1ccc(-c2cc3c(cn2)O[C@H](C2CCN(c4ncc(Cl)cn4)CC2)C3)cc1. The first kappa shape index (κ1) is 21.2. The first-order valence-corrected chi connectivity index (χ1v) is 12.8. The predicted octanol–water partition coefficient (Wildman–Crippen LogP) is 3.82. The number of pyridine rings is 1. The molecule has 166 valence electrons. The summed E-state index contributed by atoms with van der Waals surface area (Å²) in [6.07, 6.45) is 9.27. The van der Waals surface area contributed by atoms with E-state index in [9.17, 15) is 8.42 Å². The molecule has 5 rings (SSSR count). The van der Waals surface area contributed by atoms with Crippen LogP contribution in [0.15, 0.2) is 53.8 Å². The molecular weight excluding hydrogens is 448 g/mol. The minimum atomic E-state index is -3.21.